The predicted molar refractivity (Wildman–Crippen MR) is 88.8 cm³/mol. The fourth-order valence-electron chi connectivity index (χ4n) is 3.35. The van der Waals surface area contributed by atoms with Gasteiger partial charge in [0.25, 0.3) is 0 Å². The molecule has 5 nitrogen and oxygen atoms in total. The summed E-state index contributed by atoms with van der Waals surface area (Å²) in [5.41, 5.74) is 1.00. The van der Waals surface area contributed by atoms with E-state index >= 15 is 0 Å². The van der Waals surface area contributed by atoms with Gasteiger partial charge in [0.05, 0.1) is 18.8 Å². The summed E-state index contributed by atoms with van der Waals surface area (Å²) in [4.78, 5) is 2.28. The number of rotatable bonds is 6. The maximum absolute atomic E-state index is 10.5. The lowest BCUT2D eigenvalue weighted by atomic mass is 9.87. The van der Waals surface area contributed by atoms with Crippen LogP contribution in [0.15, 0.2) is 48.8 Å². The van der Waals surface area contributed by atoms with Gasteiger partial charge < -0.3 is 15.1 Å². The molecule has 0 spiro atoms. The molecular weight excluding hydrogens is 290 g/mol. The molecule has 2 N–H and O–H groups in total. The van der Waals surface area contributed by atoms with Crippen LogP contribution in [0.1, 0.15) is 24.5 Å². The SMILES string of the molecule is O[C@H](CN1CCC([C@H](O)c2ccccc2)CC1)Cn1cccn1. The molecule has 23 heavy (non-hydrogen) atoms. The van der Waals surface area contributed by atoms with E-state index in [-0.39, 0.29) is 6.10 Å². The van der Waals surface area contributed by atoms with Crippen molar-refractivity contribution in [3.8, 4) is 0 Å². The number of β-amino-alcohol motifs (C(OH)–C–C–N with tert-alkyl or cyclic N) is 1. The topological polar surface area (TPSA) is 61.5 Å². The summed E-state index contributed by atoms with van der Waals surface area (Å²) in [5.74, 6) is 0.303. The number of benzene rings is 1. The van der Waals surface area contributed by atoms with E-state index in [2.05, 4.69) is 10.00 Å². The van der Waals surface area contributed by atoms with Crippen molar-refractivity contribution in [3.05, 3.63) is 54.4 Å². The number of hydrogen-bond acceptors (Lipinski definition) is 4. The third kappa shape index (κ3) is 4.41. The lowest BCUT2D eigenvalue weighted by molar-refractivity contribution is 0.0358. The zero-order valence-electron chi connectivity index (χ0n) is 13.3. The van der Waals surface area contributed by atoms with Crippen LogP contribution < -0.4 is 0 Å². The van der Waals surface area contributed by atoms with E-state index in [1.807, 2.05) is 42.6 Å². The van der Waals surface area contributed by atoms with Gasteiger partial charge in [-0.2, -0.15) is 5.10 Å². The molecule has 0 amide bonds. The van der Waals surface area contributed by atoms with Crippen LogP contribution in [0.3, 0.4) is 0 Å². The van der Waals surface area contributed by atoms with Gasteiger partial charge in [0.15, 0.2) is 0 Å². The third-order valence-electron chi connectivity index (χ3n) is 4.65. The summed E-state index contributed by atoms with van der Waals surface area (Å²) in [6, 6.07) is 11.8. The zero-order valence-corrected chi connectivity index (χ0v) is 13.3. The first-order valence-corrected chi connectivity index (χ1v) is 8.33. The quantitative estimate of drug-likeness (QED) is 0.851. The Morgan fingerprint density at radius 2 is 1.78 bits per heavy atom. The summed E-state index contributed by atoms with van der Waals surface area (Å²) < 4.78 is 1.76. The average Bonchev–Trinajstić information content (AvgIpc) is 3.08. The van der Waals surface area contributed by atoms with Crippen molar-refractivity contribution in [2.75, 3.05) is 19.6 Å². The van der Waals surface area contributed by atoms with Gasteiger partial charge in [0.1, 0.15) is 0 Å². The van der Waals surface area contributed by atoms with Crippen molar-refractivity contribution in [1.29, 1.82) is 0 Å². The van der Waals surface area contributed by atoms with Crippen LogP contribution in [0, 0.1) is 5.92 Å². The summed E-state index contributed by atoms with van der Waals surface area (Å²) in [5, 5.41) is 24.8. The monoisotopic (exact) mass is 315 g/mol. The zero-order chi connectivity index (χ0) is 16.1. The Hall–Kier alpha value is -1.69. The number of aromatic nitrogens is 2. The van der Waals surface area contributed by atoms with E-state index in [9.17, 15) is 10.2 Å². The molecule has 5 heteroatoms. The van der Waals surface area contributed by atoms with Crippen molar-refractivity contribution in [3.63, 3.8) is 0 Å². The Morgan fingerprint density at radius 3 is 2.43 bits per heavy atom. The smallest absolute Gasteiger partial charge is 0.0862 e. The molecule has 1 aromatic heterocycles. The molecule has 2 aromatic rings. The van der Waals surface area contributed by atoms with Crippen LogP contribution in [0.4, 0.5) is 0 Å². The molecule has 3 rings (SSSR count). The fourth-order valence-corrected chi connectivity index (χ4v) is 3.35. The van der Waals surface area contributed by atoms with Gasteiger partial charge in [-0.1, -0.05) is 30.3 Å². The van der Waals surface area contributed by atoms with Crippen molar-refractivity contribution >= 4 is 0 Å². The van der Waals surface area contributed by atoms with Gasteiger partial charge in [0, 0.05) is 18.9 Å². The molecular formula is C18H25N3O2. The van der Waals surface area contributed by atoms with Crippen LogP contribution in [-0.2, 0) is 6.54 Å². The standard InChI is InChI=1S/C18H25N3O2/c22-17(14-21-10-4-9-19-21)13-20-11-7-16(8-12-20)18(23)15-5-2-1-3-6-15/h1-6,9-10,16-18,22-23H,7-8,11-14H2/t17-,18-/m1/s1. The average molecular weight is 315 g/mol. The number of likely N-dealkylation sites (tertiary alicyclic amines) is 1. The Morgan fingerprint density at radius 1 is 1.04 bits per heavy atom. The van der Waals surface area contributed by atoms with Gasteiger partial charge >= 0.3 is 0 Å². The Labute approximate surface area is 137 Å². The Balaban J connectivity index is 1.45. The van der Waals surface area contributed by atoms with Crippen molar-refractivity contribution < 1.29 is 10.2 Å². The molecule has 1 fully saturated rings. The van der Waals surface area contributed by atoms with E-state index < -0.39 is 6.10 Å². The van der Waals surface area contributed by atoms with Gasteiger partial charge in [0.2, 0.25) is 0 Å². The van der Waals surface area contributed by atoms with E-state index in [1.165, 1.54) is 0 Å². The molecule has 2 atom stereocenters. The Kier molecular flexibility index (Phi) is 5.43. The molecule has 1 aliphatic rings. The highest BCUT2D eigenvalue weighted by atomic mass is 16.3. The van der Waals surface area contributed by atoms with E-state index in [4.69, 9.17) is 0 Å². The molecule has 124 valence electrons. The minimum absolute atomic E-state index is 0.303. The summed E-state index contributed by atoms with van der Waals surface area (Å²) >= 11 is 0. The lowest BCUT2D eigenvalue weighted by Gasteiger charge is -2.35. The predicted octanol–water partition coefficient (Wildman–Crippen LogP) is 1.69. The maximum atomic E-state index is 10.5. The third-order valence-corrected chi connectivity index (χ3v) is 4.65. The van der Waals surface area contributed by atoms with Gasteiger partial charge in [-0.25, -0.2) is 0 Å². The largest absolute Gasteiger partial charge is 0.390 e. The number of piperidine rings is 1. The highest BCUT2D eigenvalue weighted by Gasteiger charge is 2.26. The summed E-state index contributed by atoms with van der Waals surface area (Å²) in [7, 11) is 0. The van der Waals surface area contributed by atoms with Crippen LogP contribution in [-0.4, -0.2) is 50.6 Å². The molecule has 1 aromatic carbocycles. The second-order valence-corrected chi connectivity index (χ2v) is 6.38. The normalized spacial score (nSPS) is 19.6. The fraction of sp³-hybridized carbons (Fsp3) is 0.500. The molecule has 0 radical (unpaired) electrons. The molecule has 0 saturated carbocycles. The van der Waals surface area contributed by atoms with Crippen molar-refractivity contribution in [2.45, 2.75) is 31.6 Å². The van der Waals surface area contributed by atoms with Crippen LogP contribution in [0.5, 0.6) is 0 Å². The second kappa shape index (κ2) is 7.73. The molecule has 0 bridgehead atoms. The van der Waals surface area contributed by atoms with Crippen LogP contribution in [0.25, 0.3) is 0 Å². The summed E-state index contributed by atoms with van der Waals surface area (Å²) in [6.07, 6.45) is 4.72. The van der Waals surface area contributed by atoms with E-state index in [0.717, 1.165) is 31.5 Å². The maximum Gasteiger partial charge on any atom is 0.0862 e. The van der Waals surface area contributed by atoms with Crippen molar-refractivity contribution in [1.82, 2.24) is 14.7 Å². The first-order valence-electron chi connectivity index (χ1n) is 8.33. The van der Waals surface area contributed by atoms with Crippen LogP contribution in [0.2, 0.25) is 0 Å². The molecule has 0 aliphatic carbocycles. The molecule has 1 saturated heterocycles. The number of aliphatic hydroxyl groups is 2. The first-order chi connectivity index (χ1) is 11.2. The highest BCUT2D eigenvalue weighted by Crippen LogP contribution is 2.30. The Bertz CT molecular complexity index is 565. The molecule has 2 heterocycles. The van der Waals surface area contributed by atoms with Gasteiger partial charge in [-0.15, -0.1) is 0 Å². The molecule has 1 aliphatic heterocycles. The number of nitrogens with zero attached hydrogens (tertiary/aromatic N) is 3. The van der Waals surface area contributed by atoms with Gasteiger partial charge in [-0.3, -0.25) is 4.68 Å². The van der Waals surface area contributed by atoms with E-state index in [1.54, 1.807) is 10.9 Å². The highest BCUT2D eigenvalue weighted by molar-refractivity contribution is 5.18. The van der Waals surface area contributed by atoms with Crippen molar-refractivity contribution in [2.24, 2.45) is 5.92 Å². The first kappa shape index (κ1) is 16.2. The molecule has 0 unspecified atom stereocenters. The van der Waals surface area contributed by atoms with Crippen LogP contribution >= 0.6 is 0 Å². The van der Waals surface area contributed by atoms with Gasteiger partial charge in [-0.05, 0) is 43.5 Å². The number of aliphatic hydroxyl groups excluding tert-OH is 2. The lowest BCUT2D eigenvalue weighted by Crippen LogP contribution is -2.41. The minimum atomic E-state index is -0.412. The van der Waals surface area contributed by atoms with E-state index in [0.29, 0.717) is 19.0 Å². The minimum Gasteiger partial charge on any atom is -0.390 e. The summed E-state index contributed by atoms with van der Waals surface area (Å²) in [6.45, 7) is 3.03. The number of hydrogen-bond donors (Lipinski definition) is 2. The second-order valence-electron chi connectivity index (χ2n) is 6.38.